The number of benzene rings is 1. The van der Waals surface area contributed by atoms with Crippen molar-refractivity contribution >= 4 is 5.91 Å². The minimum atomic E-state index is -0.256. The summed E-state index contributed by atoms with van der Waals surface area (Å²) in [4.78, 5) is 12.0. The molecule has 0 bridgehead atoms. The topological polar surface area (TPSA) is 74.5 Å². The van der Waals surface area contributed by atoms with Crippen molar-refractivity contribution in [3.63, 3.8) is 0 Å². The fourth-order valence-electron chi connectivity index (χ4n) is 1.84. The molecule has 0 unspecified atom stereocenters. The van der Waals surface area contributed by atoms with Crippen LogP contribution in [-0.4, -0.2) is 20.1 Å². The van der Waals surface area contributed by atoms with Crippen LogP contribution in [0.5, 0.6) is 11.5 Å². The maximum absolute atomic E-state index is 12.0. The zero-order valence-corrected chi connectivity index (χ0v) is 11.8. The third kappa shape index (κ3) is 3.62. The van der Waals surface area contributed by atoms with Crippen LogP contribution in [0, 0.1) is 5.21 Å². The maximum atomic E-state index is 12.0. The first kappa shape index (κ1) is 14.6. The van der Waals surface area contributed by atoms with E-state index < -0.39 is 0 Å². The van der Waals surface area contributed by atoms with Crippen molar-refractivity contribution in [1.82, 2.24) is 5.32 Å². The molecule has 1 aromatic heterocycles. The van der Waals surface area contributed by atoms with Gasteiger partial charge in [-0.25, -0.2) is 0 Å². The lowest BCUT2D eigenvalue weighted by Crippen LogP contribution is -2.27. The van der Waals surface area contributed by atoms with Crippen LogP contribution in [0.3, 0.4) is 0 Å². The van der Waals surface area contributed by atoms with E-state index in [1.165, 1.54) is 24.5 Å². The molecule has 6 nitrogen and oxygen atoms in total. The summed E-state index contributed by atoms with van der Waals surface area (Å²) in [5.41, 5.74) is 1.26. The van der Waals surface area contributed by atoms with Gasteiger partial charge in [-0.3, -0.25) is 4.79 Å². The first-order valence-corrected chi connectivity index (χ1v) is 6.32. The van der Waals surface area contributed by atoms with Crippen LogP contribution in [0.15, 0.2) is 42.7 Å². The Morgan fingerprint density at radius 3 is 2.52 bits per heavy atom. The largest absolute Gasteiger partial charge is 0.619 e. The van der Waals surface area contributed by atoms with E-state index in [1.807, 2.05) is 6.07 Å². The Labute approximate surface area is 122 Å². The van der Waals surface area contributed by atoms with Gasteiger partial charge in [0.1, 0.15) is 11.5 Å². The molecule has 0 aliphatic rings. The number of carbonyl (C=O) groups excluding carboxylic acids is 1. The Morgan fingerprint density at radius 1 is 1.19 bits per heavy atom. The van der Waals surface area contributed by atoms with Gasteiger partial charge in [0.2, 0.25) is 0 Å². The van der Waals surface area contributed by atoms with E-state index in [0.717, 1.165) is 5.56 Å². The highest BCUT2D eigenvalue weighted by Gasteiger charge is 2.09. The van der Waals surface area contributed by atoms with Gasteiger partial charge < -0.3 is 20.0 Å². The number of nitrogens with one attached hydrogen (secondary N) is 1. The molecule has 0 fully saturated rings. The minimum Gasteiger partial charge on any atom is -0.619 e. The van der Waals surface area contributed by atoms with Gasteiger partial charge in [-0.05, 0) is 12.1 Å². The number of hydrogen-bond donors (Lipinski definition) is 1. The normalized spacial score (nSPS) is 10.0. The Balaban J connectivity index is 2.05. The number of methoxy groups -OCH3 is 2. The molecular weight excluding hydrogens is 272 g/mol. The van der Waals surface area contributed by atoms with Crippen LogP contribution in [-0.2, 0) is 6.54 Å². The molecule has 1 heterocycles. The predicted octanol–water partition coefficient (Wildman–Crippen LogP) is 1.27. The van der Waals surface area contributed by atoms with Crippen molar-refractivity contribution in [2.75, 3.05) is 14.2 Å². The highest BCUT2D eigenvalue weighted by molar-refractivity contribution is 5.93. The minimum absolute atomic E-state index is 0.256. The number of carbonyl (C=O) groups is 1. The summed E-state index contributed by atoms with van der Waals surface area (Å²) in [5, 5.41) is 13.7. The van der Waals surface area contributed by atoms with Crippen LogP contribution in [0.1, 0.15) is 15.9 Å². The Morgan fingerprint density at radius 2 is 1.90 bits per heavy atom. The van der Waals surface area contributed by atoms with Gasteiger partial charge in [0.15, 0.2) is 12.4 Å². The number of rotatable bonds is 5. The smallest absolute Gasteiger partial charge is 0.252 e. The van der Waals surface area contributed by atoms with Gasteiger partial charge in [-0.2, -0.15) is 4.73 Å². The van der Waals surface area contributed by atoms with E-state index in [-0.39, 0.29) is 5.91 Å². The number of pyridine rings is 1. The van der Waals surface area contributed by atoms with Crippen molar-refractivity contribution in [2.45, 2.75) is 6.54 Å². The summed E-state index contributed by atoms with van der Waals surface area (Å²) in [7, 11) is 3.14. The summed E-state index contributed by atoms with van der Waals surface area (Å²) in [5.74, 6) is 1.07. The van der Waals surface area contributed by atoms with Crippen molar-refractivity contribution in [2.24, 2.45) is 0 Å². The highest BCUT2D eigenvalue weighted by Crippen LogP contribution is 2.24. The molecule has 2 aromatic rings. The van der Waals surface area contributed by atoms with Crippen LogP contribution in [0.4, 0.5) is 0 Å². The van der Waals surface area contributed by atoms with Gasteiger partial charge in [0.05, 0.1) is 19.8 Å². The van der Waals surface area contributed by atoms with Gasteiger partial charge in [0.25, 0.3) is 5.91 Å². The third-order valence-electron chi connectivity index (χ3n) is 3.00. The number of amides is 1. The monoisotopic (exact) mass is 288 g/mol. The second-order valence-corrected chi connectivity index (χ2v) is 4.31. The summed E-state index contributed by atoms with van der Waals surface area (Å²) in [6, 6.07) is 8.31. The van der Waals surface area contributed by atoms with Gasteiger partial charge in [0, 0.05) is 30.3 Å². The lowest BCUT2D eigenvalue weighted by Gasteiger charge is -2.11. The molecule has 0 aliphatic heterocycles. The average molecular weight is 288 g/mol. The SMILES string of the molecule is COc1ccc(CNC(=O)c2cc[n+]([O-])cc2)c(OC)c1. The van der Waals surface area contributed by atoms with Gasteiger partial charge in [-0.15, -0.1) is 0 Å². The quantitative estimate of drug-likeness (QED) is 0.664. The van der Waals surface area contributed by atoms with E-state index >= 15 is 0 Å². The van der Waals surface area contributed by atoms with E-state index in [0.29, 0.717) is 28.3 Å². The molecule has 2 rings (SSSR count). The molecule has 0 atom stereocenters. The van der Waals surface area contributed by atoms with E-state index in [1.54, 1.807) is 26.4 Å². The molecule has 0 aliphatic carbocycles. The predicted molar refractivity (Wildman–Crippen MR) is 76.1 cm³/mol. The van der Waals surface area contributed by atoms with Crippen LogP contribution < -0.4 is 19.5 Å². The molecule has 6 heteroatoms. The molecule has 110 valence electrons. The number of hydrogen-bond acceptors (Lipinski definition) is 4. The fourth-order valence-corrected chi connectivity index (χ4v) is 1.84. The molecule has 0 saturated heterocycles. The Hall–Kier alpha value is -2.76. The molecule has 21 heavy (non-hydrogen) atoms. The lowest BCUT2D eigenvalue weighted by atomic mass is 10.1. The first-order valence-electron chi connectivity index (χ1n) is 6.32. The molecule has 1 aromatic carbocycles. The van der Waals surface area contributed by atoms with Crippen molar-refractivity contribution < 1.29 is 19.0 Å². The standard InChI is InChI=1S/C15H16N2O4/c1-20-13-4-3-12(14(9-13)21-2)10-16-15(18)11-5-7-17(19)8-6-11/h3-9H,10H2,1-2H3,(H,16,18). The Kier molecular flexibility index (Phi) is 4.61. The second kappa shape index (κ2) is 6.60. The zero-order chi connectivity index (χ0) is 15.2. The molecule has 0 spiro atoms. The van der Waals surface area contributed by atoms with Crippen molar-refractivity contribution in [1.29, 1.82) is 0 Å². The number of nitrogens with zero attached hydrogens (tertiary/aromatic N) is 1. The molecule has 0 radical (unpaired) electrons. The van der Waals surface area contributed by atoms with Gasteiger partial charge in [-0.1, -0.05) is 0 Å². The van der Waals surface area contributed by atoms with Crippen LogP contribution in [0.25, 0.3) is 0 Å². The van der Waals surface area contributed by atoms with Gasteiger partial charge >= 0.3 is 0 Å². The summed E-state index contributed by atoms with van der Waals surface area (Å²) < 4.78 is 11.0. The Bertz CT molecular complexity index is 626. The maximum Gasteiger partial charge on any atom is 0.252 e. The summed E-state index contributed by atoms with van der Waals surface area (Å²) in [6.07, 6.45) is 2.56. The van der Waals surface area contributed by atoms with Crippen molar-refractivity contribution in [3.05, 3.63) is 59.1 Å². The van der Waals surface area contributed by atoms with E-state index in [2.05, 4.69) is 5.32 Å². The van der Waals surface area contributed by atoms with E-state index in [9.17, 15) is 10.0 Å². The summed E-state index contributed by atoms with van der Waals surface area (Å²) >= 11 is 0. The lowest BCUT2D eigenvalue weighted by molar-refractivity contribution is -0.605. The van der Waals surface area contributed by atoms with Crippen LogP contribution in [0.2, 0.25) is 0 Å². The molecule has 1 N–H and O–H groups in total. The van der Waals surface area contributed by atoms with E-state index in [4.69, 9.17) is 9.47 Å². The van der Waals surface area contributed by atoms with Crippen molar-refractivity contribution in [3.8, 4) is 11.5 Å². The molecular formula is C15H16N2O4. The highest BCUT2D eigenvalue weighted by atomic mass is 16.5. The summed E-state index contributed by atoms with van der Waals surface area (Å²) in [6.45, 7) is 0.318. The fraction of sp³-hybridized carbons (Fsp3) is 0.200. The zero-order valence-electron chi connectivity index (χ0n) is 11.8. The molecule has 0 saturated carbocycles. The second-order valence-electron chi connectivity index (χ2n) is 4.31. The van der Waals surface area contributed by atoms with Crippen LogP contribution >= 0.6 is 0 Å². The number of ether oxygens (including phenoxy) is 2. The number of aromatic nitrogens is 1. The first-order chi connectivity index (χ1) is 10.1. The molecule has 1 amide bonds. The average Bonchev–Trinajstić information content (AvgIpc) is 2.53. The third-order valence-corrected chi connectivity index (χ3v) is 3.00.